The van der Waals surface area contributed by atoms with Gasteiger partial charge < -0.3 is 13.4 Å². The second kappa shape index (κ2) is 14.3. The van der Waals surface area contributed by atoms with Crippen LogP contribution in [-0.4, -0.2) is 24.5 Å². The average molecular weight is 888 g/mol. The minimum atomic E-state index is 0.529. The Hall–Kier alpha value is -8.98. The van der Waals surface area contributed by atoms with Crippen LogP contribution < -0.4 is 0 Å². The van der Waals surface area contributed by atoms with Crippen LogP contribution in [0.1, 0.15) is 0 Å². The van der Waals surface area contributed by atoms with E-state index in [-0.39, 0.29) is 0 Å². The van der Waals surface area contributed by atoms with Crippen LogP contribution in [0.25, 0.3) is 148 Å². The van der Waals surface area contributed by atoms with Gasteiger partial charge in [0, 0.05) is 75.4 Å². The molecule has 0 saturated heterocycles. The number of furan rings is 2. The number of nitrogens with zero attached hydrogens (tertiary/aromatic N) is 5. The largest absolute Gasteiger partial charge is 0.456 e. The van der Waals surface area contributed by atoms with Gasteiger partial charge in [0.25, 0.3) is 0 Å². The van der Waals surface area contributed by atoms with Gasteiger partial charge in [-0.15, -0.1) is 11.3 Å². The highest BCUT2D eigenvalue weighted by atomic mass is 32.1. The van der Waals surface area contributed by atoms with E-state index in [2.05, 4.69) is 143 Å². The van der Waals surface area contributed by atoms with Gasteiger partial charge in [-0.1, -0.05) is 121 Å². The van der Waals surface area contributed by atoms with Crippen LogP contribution in [0.5, 0.6) is 0 Å². The molecule has 0 aliphatic carbocycles. The van der Waals surface area contributed by atoms with E-state index in [0.29, 0.717) is 23.1 Å². The number of hydrogen-bond acceptors (Lipinski definition) is 7. The Labute approximate surface area is 390 Å². The molecule has 0 unspecified atom stereocenters. The lowest BCUT2D eigenvalue weighted by atomic mass is 9.98. The maximum absolute atomic E-state index is 6.36. The number of para-hydroxylation sites is 2. The molecule has 15 rings (SSSR count). The molecule has 7 nitrogen and oxygen atoms in total. The number of aromatic nitrogens is 5. The lowest BCUT2D eigenvalue weighted by Gasteiger charge is -2.15. The highest BCUT2D eigenvalue weighted by Gasteiger charge is 2.22. The molecule has 9 aromatic carbocycles. The van der Waals surface area contributed by atoms with Gasteiger partial charge in [-0.2, -0.15) is 0 Å². The van der Waals surface area contributed by atoms with Crippen molar-refractivity contribution in [2.75, 3.05) is 0 Å². The van der Waals surface area contributed by atoms with Crippen molar-refractivity contribution in [1.29, 1.82) is 0 Å². The van der Waals surface area contributed by atoms with E-state index >= 15 is 0 Å². The summed E-state index contributed by atoms with van der Waals surface area (Å²) in [6.45, 7) is 0. The summed E-state index contributed by atoms with van der Waals surface area (Å²) in [6, 6.07) is 68.2. The van der Waals surface area contributed by atoms with E-state index < -0.39 is 0 Å². The molecule has 0 saturated carbocycles. The number of hydrogen-bond donors (Lipinski definition) is 0. The Morgan fingerprint density at radius 1 is 0.368 bits per heavy atom. The standard InChI is InChI=1S/C60H33N5O2S/c1-2-13-38-37(12-1)41(29-30-47(38)65-46-19-6-3-14-39(46)40-27-25-34(32-48(40)65)36-17-10-24-54-56(36)44-16-5-8-23-53(44)68-54)59-62-58(35-26-28-43-52(33-35)67-51-22-11-31-61-57(43)51)63-60(64-59)45-18-9-21-50-55(45)42-15-4-7-20-49(42)66-50/h1-33H. The fraction of sp³-hybridized carbons (Fsp3) is 0. The summed E-state index contributed by atoms with van der Waals surface area (Å²) in [4.78, 5) is 20.5. The van der Waals surface area contributed by atoms with Crippen molar-refractivity contribution in [2.24, 2.45) is 0 Å². The quantitative estimate of drug-likeness (QED) is 0.171. The lowest BCUT2D eigenvalue weighted by Crippen LogP contribution is -2.02. The minimum Gasteiger partial charge on any atom is -0.456 e. The number of thiophene rings is 1. The molecule has 0 N–H and O–H groups in total. The molecule has 8 heteroatoms. The highest BCUT2D eigenvalue weighted by Crippen LogP contribution is 2.44. The molecule has 316 valence electrons. The number of benzene rings is 9. The van der Waals surface area contributed by atoms with Gasteiger partial charge in [-0.25, -0.2) is 15.0 Å². The Morgan fingerprint density at radius 3 is 1.96 bits per heavy atom. The Balaban J connectivity index is 0.959. The second-order valence-corrected chi connectivity index (χ2v) is 18.4. The molecule has 0 fully saturated rings. The molecule has 0 radical (unpaired) electrons. The fourth-order valence-corrected chi connectivity index (χ4v) is 11.7. The predicted molar refractivity (Wildman–Crippen MR) is 279 cm³/mol. The monoisotopic (exact) mass is 887 g/mol. The summed E-state index contributed by atoms with van der Waals surface area (Å²) < 4.78 is 17.7. The van der Waals surface area contributed by atoms with Crippen LogP contribution in [0.15, 0.2) is 209 Å². The van der Waals surface area contributed by atoms with E-state index in [1.54, 1.807) is 6.20 Å². The Bertz CT molecular complexity index is 4600. The van der Waals surface area contributed by atoms with E-state index in [4.69, 9.17) is 23.8 Å². The molecule has 0 bridgehead atoms. The van der Waals surface area contributed by atoms with Gasteiger partial charge in [0.1, 0.15) is 22.3 Å². The summed E-state index contributed by atoms with van der Waals surface area (Å²) in [5, 5.41) is 9.98. The maximum atomic E-state index is 6.36. The van der Waals surface area contributed by atoms with Crippen molar-refractivity contribution in [3.63, 3.8) is 0 Å². The lowest BCUT2D eigenvalue weighted by molar-refractivity contribution is 0.668. The van der Waals surface area contributed by atoms with Crippen molar-refractivity contribution in [3.05, 3.63) is 200 Å². The van der Waals surface area contributed by atoms with Crippen LogP contribution in [0.4, 0.5) is 0 Å². The molecule has 68 heavy (non-hydrogen) atoms. The zero-order valence-corrected chi connectivity index (χ0v) is 36.8. The van der Waals surface area contributed by atoms with Crippen LogP contribution >= 0.6 is 11.3 Å². The molecule has 0 spiro atoms. The normalized spacial score (nSPS) is 12.1. The van der Waals surface area contributed by atoms with Crippen molar-refractivity contribution in [1.82, 2.24) is 24.5 Å². The molecule has 15 aromatic rings. The third-order valence-corrected chi connectivity index (χ3v) is 14.7. The van der Waals surface area contributed by atoms with Crippen molar-refractivity contribution >= 4 is 108 Å². The summed E-state index contributed by atoms with van der Waals surface area (Å²) in [5.41, 5.74) is 12.2. The summed E-state index contributed by atoms with van der Waals surface area (Å²) in [7, 11) is 0. The third kappa shape index (κ3) is 5.46. The van der Waals surface area contributed by atoms with Crippen LogP contribution in [0, 0.1) is 0 Å². The zero-order chi connectivity index (χ0) is 44.5. The third-order valence-electron chi connectivity index (χ3n) is 13.5. The van der Waals surface area contributed by atoms with Gasteiger partial charge in [-0.3, -0.25) is 4.98 Å². The second-order valence-electron chi connectivity index (χ2n) is 17.3. The smallest absolute Gasteiger partial charge is 0.164 e. The van der Waals surface area contributed by atoms with Crippen molar-refractivity contribution in [2.45, 2.75) is 0 Å². The number of fused-ring (bicyclic) bond motifs is 13. The minimum absolute atomic E-state index is 0.529. The highest BCUT2D eigenvalue weighted by molar-refractivity contribution is 7.25. The molecule has 0 amide bonds. The maximum Gasteiger partial charge on any atom is 0.164 e. The number of rotatable bonds is 5. The average Bonchev–Trinajstić information content (AvgIpc) is 4.17. The van der Waals surface area contributed by atoms with Gasteiger partial charge in [0.15, 0.2) is 23.1 Å². The molecule has 0 aliphatic heterocycles. The summed E-state index contributed by atoms with van der Waals surface area (Å²) in [5.74, 6) is 1.64. The van der Waals surface area contributed by atoms with Gasteiger partial charge in [0.05, 0.1) is 16.7 Å². The molecule has 6 heterocycles. The summed E-state index contributed by atoms with van der Waals surface area (Å²) in [6.07, 6.45) is 1.79. The molecule has 0 aliphatic rings. The van der Waals surface area contributed by atoms with Crippen molar-refractivity contribution in [3.8, 4) is 51.0 Å². The van der Waals surface area contributed by atoms with Crippen LogP contribution in [0.2, 0.25) is 0 Å². The molecular formula is C60H33N5O2S. The topological polar surface area (TPSA) is 82.8 Å². The fourth-order valence-electron chi connectivity index (χ4n) is 10.5. The molecular weight excluding hydrogens is 855 g/mol. The first-order valence-electron chi connectivity index (χ1n) is 22.6. The van der Waals surface area contributed by atoms with Crippen molar-refractivity contribution < 1.29 is 8.83 Å². The zero-order valence-electron chi connectivity index (χ0n) is 36.0. The molecule has 0 atom stereocenters. The van der Waals surface area contributed by atoms with E-state index in [1.165, 1.54) is 42.1 Å². The van der Waals surface area contributed by atoms with Gasteiger partial charge in [-0.05, 0) is 89.3 Å². The van der Waals surface area contributed by atoms with Gasteiger partial charge >= 0.3 is 0 Å². The SMILES string of the molecule is c1ccc2c(c1)oc1cccc(-c3nc(-c4ccc5c(c4)oc4cccnc45)nc(-c4ccc(-n5c6ccccc6c6ccc(-c7cccc8sc9ccccc9c78)cc65)c5ccccc45)n3)c12. The Kier molecular flexibility index (Phi) is 7.81. The van der Waals surface area contributed by atoms with E-state index in [9.17, 15) is 0 Å². The van der Waals surface area contributed by atoms with E-state index in [0.717, 1.165) is 82.6 Å². The van der Waals surface area contributed by atoms with Crippen LogP contribution in [0.3, 0.4) is 0 Å². The predicted octanol–water partition coefficient (Wildman–Crippen LogP) is 16.4. The first-order chi connectivity index (χ1) is 33.7. The van der Waals surface area contributed by atoms with Crippen LogP contribution in [-0.2, 0) is 0 Å². The Morgan fingerprint density at radius 2 is 1.03 bits per heavy atom. The van der Waals surface area contributed by atoms with E-state index in [1.807, 2.05) is 72.0 Å². The number of pyridine rings is 1. The first kappa shape index (κ1) is 37.3. The molecule has 6 aromatic heterocycles. The first-order valence-corrected chi connectivity index (χ1v) is 23.4. The summed E-state index contributed by atoms with van der Waals surface area (Å²) >= 11 is 1.85. The van der Waals surface area contributed by atoms with Gasteiger partial charge in [0.2, 0.25) is 0 Å².